The van der Waals surface area contributed by atoms with Crippen molar-refractivity contribution in [2.24, 2.45) is 0 Å². The van der Waals surface area contributed by atoms with Crippen molar-refractivity contribution in [3.05, 3.63) is 59.2 Å². The molecule has 1 amide bonds. The van der Waals surface area contributed by atoms with E-state index in [4.69, 9.17) is 9.15 Å². The molecule has 0 spiro atoms. The number of carbonyl (C=O) groups is 2. The molecule has 2 heterocycles. The Hall–Kier alpha value is -3.09. The molecule has 3 aromatic rings. The third kappa shape index (κ3) is 3.77. The van der Waals surface area contributed by atoms with Gasteiger partial charge in [-0.3, -0.25) is 4.79 Å². The molecule has 0 aliphatic heterocycles. The molecule has 0 unspecified atom stereocenters. The van der Waals surface area contributed by atoms with Gasteiger partial charge < -0.3 is 19.0 Å². The lowest BCUT2D eigenvalue weighted by atomic mass is 10.2. The van der Waals surface area contributed by atoms with Crippen molar-refractivity contribution < 1.29 is 23.1 Å². The minimum atomic E-state index is -0.511. The lowest BCUT2D eigenvalue weighted by molar-refractivity contribution is -0.121. The summed E-state index contributed by atoms with van der Waals surface area (Å²) in [5, 5.41) is 2.76. The number of aromatic nitrogens is 1. The van der Waals surface area contributed by atoms with Gasteiger partial charge in [0.25, 0.3) is 0 Å². The van der Waals surface area contributed by atoms with E-state index in [-0.39, 0.29) is 37.1 Å². The van der Waals surface area contributed by atoms with Crippen LogP contribution in [-0.2, 0) is 22.6 Å². The lowest BCUT2D eigenvalue weighted by Crippen LogP contribution is -2.28. The fourth-order valence-corrected chi connectivity index (χ4v) is 2.71. The average Bonchev–Trinajstić information content (AvgIpc) is 3.12. The lowest BCUT2D eigenvalue weighted by Gasteiger charge is -2.10. The second kappa shape index (κ2) is 7.43. The minimum Gasteiger partial charge on any atom is -0.461 e. The van der Waals surface area contributed by atoms with Gasteiger partial charge in [-0.25, -0.2) is 9.18 Å². The van der Waals surface area contributed by atoms with Gasteiger partial charge in [0.2, 0.25) is 5.91 Å². The van der Waals surface area contributed by atoms with E-state index < -0.39 is 5.97 Å². The van der Waals surface area contributed by atoms with E-state index in [0.717, 1.165) is 5.56 Å². The number of hydrogen-bond donors (Lipinski definition) is 1. The van der Waals surface area contributed by atoms with Gasteiger partial charge in [0.05, 0.1) is 12.1 Å². The van der Waals surface area contributed by atoms with Crippen LogP contribution in [0, 0.1) is 12.7 Å². The molecule has 0 saturated carbocycles. The van der Waals surface area contributed by atoms with Crippen molar-refractivity contribution in [2.45, 2.75) is 26.9 Å². The van der Waals surface area contributed by atoms with E-state index in [1.54, 1.807) is 42.7 Å². The monoisotopic (exact) mass is 358 g/mol. The number of rotatable bonds is 6. The van der Waals surface area contributed by atoms with Gasteiger partial charge in [-0.1, -0.05) is 12.1 Å². The number of halogens is 1. The minimum absolute atomic E-state index is 0.0577. The number of amides is 1. The molecule has 1 aromatic carbocycles. The zero-order valence-electron chi connectivity index (χ0n) is 14.5. The Morgan fingerprint density at radius 3 is 2.65 bits per heavy atom. The normalized spacial score (nSPS) is 10.9. The number of nitrogens with zero attached hydrogens (tertiary/aromatic N) is 1. The summed E-state index contributed by atoms with van der Waals surface area (Å²) in [6, 6.07) is 9.23. The maximum absolute atomic E-state index is 12.9. The smallest absolute Gasteiger partial charge is 0.355 e. The molecule has 0 fully saturated rings. The number of ether oxygens (including phenoxy) is 1. The maximum atomic E-state index is 12.9. The van der Waals surface area contributed by atoms with Gasteiger partial charge in [-0.15, -0.1) is 0 Å². The van der Waals surface area contributed by atoms with Gasteiger partial charge in [0.1, 0.15) is 23.8 Å². The fraction of sp³-hybridized carbons (Fsp3) is 0.263. The van der Waals surface area contributed by atoms with Crippen molar-refractivity contribution in [1.29, 1.82) is 0 Å². The van der Waals surface area contributed by atoms with E-state index in [1.807, 2.05) is 0 Å². The molecule has 0 aliphatic carbocycles. The van der Waals surface area contributed by atoms with E-state index >= 15 is 0 Å². The molecule has 0 aliphatic rings. The number of nitrogens with one attached hydrogen (secondary N) is 1. The van der Waals surface area contributed by atoms with Crippen LogP contribution in [0.3, 0.4) is 0 Å². The highest BCUT2D eigenvalue weighted by Crippen LogP contribution is 2.24. The van der Waals surface area contributed by atoms with Gasteiger partial charge in [-0.2, -0.15) is 0 Å². The molecular formula is C19H19FN2O4. The van der Waals surface area contributed by atoms with Crippen molar-refractivity contribution in [3.63, 3.8) is 0 Å². The maximum Gasteiger partial charge on any atom is 0.355 e. The Bertz CT molecular complexity index is 941. The Morgan fingerprint density at radius 1 is 1.23 bits per heavy atom. The van der Waals surface area contributed by atoms with E-state index in [0.29, 0.717) is 16.9 Å². The van der Waals surface area contributed by atoms with Crippen molar-refractivity contribution in [2.75, 3.05) is 6.61 Å². The number of benzene rings is 1. The second-order valence-electron chi connectivity index (χ2n) is 5.85. The highest BCUT2D eigenvalue weighted by atomic mass is 19.1. The molecule has 26 heavy (non-hydrogen) atoms. The predicted molar refractivity (Wildman–Crippen MR) is 93.1 cm³/mol. The number of aryl methyl sites for hydroxylation is 1. The molecule has 7 heteroatoms. The van der Waals surface area contributed by atoms with Crippen LogP contribution in [0.15, 0.2) is 40.8 Å². The summed E-state index contributed by atoms with van der Waals surface area (Å²) in [5.74, 6) is -0.436. The van der Waals surface area contributed by atoms with Crippen LogP contribution in [0.5, 0.6) is 0 Å². The first-order valence-electron chi connectivity index (χ1n) is 8.26. The van der Waals surface area contributed by atoms with Crippen molar-refractivity contribution >= 4 is 23.0 Å². The Morgan fingerprint density at radius 2 is 1.96 bits per heavy atom. The summed E-state index contributed by atoms with van der Waals surface area (Å²) < 4.78 is 25.1. The zero-order chi connectivity index (χ0) is 18.7. The zero-order valence-corrected chi connectivity index (χ0v) is 14.5. The molecule has 2 aromatic heterocycles. The third-order valence-electron chi connectivity index (χ3n) is 3.90. The quantitative estimate of drug-likeness (QED) is 0.687. The second-order valence-corrected chi connectivity index (χ2v) is 5.85. The molecule has 0 saturated heterocycles. The predicted octanol–water partition coefficient (Wildman–Crippen LogP) is 3.17. The third-order valence-corrected chi connectivity index (χ3v) is 3.90. The number of hydrogen-bond acceptors (Lipinski definition) is 4. The summed E-state index contributed by atoms with van der Waals surface area (Å²) in [6.45, 7) is 3.96. The summed E-state index contributed by atoms with van der Waals surface area (Å²) in [4.78, 5) is 24.5. The Kier molecular flexibility index (Phi) is 5.06. The van der Waals surface area contributed by atoms with Gasteiger partial charge in [0.15, 0.2) is 5.58 Å². The summed E-state index contributed by atoms with van der Waals surface area (Å²) in [7, 11) is 0. The first kappa shape index (κ1) is 17.7. The highest BCUT2D eigenvalue weighted by molar-refractivity contribution is 5.95. The number of fused-ring (bicyclic) bond motifs is 1. The van der Waals surface area contributed by atoms with Crippen LogP contribution in [0.1, 0.15) is 28.7 Å². The Balaban J connectivity index is 1.77. The van der Waals surface area contributed by atoms with Gasteiger partial charge in [0, 0.05) is 18.7 Å². The highest BCUT2D eigenvalue weighted by Gasteiger charge is 2.21. The number of furan rings is 1. The van der Waals surface area contributed by atoms with Crippen molar-refractivity contribution in [3.8, 4) is 0 Å². The van der Waals surface area contributed by atoms with E-state index in [1.165, 1.54) is 12.1 Å². The van der Waals surface area contributed by atoms with E-state index in [2.05, 4.69) is 5.32 Å². The van der Waals surface area contributed by atoms with Crippen LogP contribution in [0.2, 0.25) is 0 Å². The summed E-state index contributed by atoms with van der Waals surface area (Å²) in [5.41, 5.74) is 2.22. The largest absolute Gasteiger partial charge is 0.461 e. The molecule has 3 rings (SSSR count). The SMILES string of the molecule is CCOC(=O)c1cc2oc(C)cc2n1CC(=O)NCc1ccc(F)cc1. The van der Waals surface area contributed by atoms with E-state index in [9.17, 15) is 14.0 Å². The first-order chi connectivity index (χ1) is 12.5. The molecule has 0 radical (unpaired) electrons. The first-order valence-corrected chi connectivity index (χ1v) is 8.26. The fourth-order valence-electron chi connectivity index (χ4n) is 2.71. The standard InChI is InChI=1S/C19H19FN2O4/c1-3-25-19(24)16-9-17-15(8-12(2)26-17)22(16)11-18(23)21-10-13-4-6-14(20)7-5-13/h4-9H,3,10-11H2,1-2H3,(H,21,23). The van der Waals surface area contributed by atoms with Crippen molar-refractivity contribution in [1.82, 2.24) is 9.88 Å². The van der Waals surface area contributed by atoms with Crippen LogP contribution < -0.4 is 5.32 Å². The van der Waals surface area contributed by atoms with Gasteiger partial charge >= 0.3 is 5.97 Å². The van der Waals surface area contributed by atoms with Crippen LogP contribution in [0.25, 0.3) is 11.1 Å². The summed E-state index contributed by atoms with van der Waals surface area (Å²) >= 11 is 0. The molecule has 136 valence electrons. The number of carbonyl (C=O) groups excluding carboxylic acids is 2. The molecule has 0 atom stereocenters. The molecule has 0 bridgehead atoms. The number of esters is 1. The van der Waals surface area contributed by atoms with Crippen LogP contribution >= 0.6 is 0 Å². The summed E-state index contributed by atoms with van der Waals surface area (Å²) in [6.07, 6.45) is 0. The van der Waals surface area contributed by atoms with Crippen LogP contribution in [-0.4, -0.2) is 23.1 Å². The molecule has 6 nitrogen and oxygen atoms in total. The molecular weight excluding hydrogens is 339 g/mol. The Labute approximate surface area is 149 Å². The topological polar surface area (TPSA) is 73.5 Å². The van der Waals surface area contributed by atoms with Crippen LogP contribution in [0.4, 0.5) is 4.39 Å². The van der Waals surface area contributed by atoms with Gasteiger partial charge in [-0.05, 0) is 31.5 Å². The molecule has 1 N–H and O–H groups in total. The average molecular weight is 358 g/mol.